The van der Waals surface area contributed by atoms with E-state index in [1.54, 1.807) is 12.1 Å². The normalized spacial score (nSPS) is 16.5. The number of aromatic hydroxyl groups is 2. The smallest absolute Gasteiger partial charge is 0.266 e. The molecular formula is C13H11N5O3S2. The predicted molar refractivity (Wildman–Crippen MR) is 87.5 cm³/mol. The summed E-state index contributed by atoms with van der Waals surface area (Å²) in [6.07, 6.45) is 2.06. The summed E-state index contributed by atoms with van der Waals surface area (Å²) < 4.78 is 0.452. The van der Waals surface area contributed by atoms with E-state index in [9.17, 15) is 15.0 Å². The zero-order valence-electron chi connectivity index (χ0n) is 11.6. The minimum absolute atomic E-state index is 0.212. The number of carbonyl (C=O) groups is 1. The van der Waals surface area contributed by atoms with Gasteiger partial charge < -0.3 is 10.2 Å². The zero-order chi connectivity index (χ0) is 16.4. The van der Waals surface area contributed by atoms with Crippen LogP contribution < -0.4 is 0 Å². The van der Waals surface area contributed by atoms with Crippen LogP contribution in [0, 0.1) is 0 Å². The molecule has 0 bridgehead atoms. The number of aromatic nitrogens is 4. The van der Waals surface area contributed by atoms with Crippen molar-refractivity contribution < 1.29 is 15.0 Å². The molecule has 1 aromatic carbocycles. The number of nitrogens with zero attached hydrogens (tertiary/aromatic N) is 4. The summed E-state index contributed by atoms with van der Waals surface area (Å²) in [6, 6.07) is 4.33. The molecule has 1 fully saturated rings. The van der Waals surface area contributed by atoms with Crippen LogP contribution in [0.25, 0.3) is 6.08 Å². The van der Waals surface area contributed by atoms with Gasteiger partial charge in [0.1, 0.15) is 4.32 Å². The molecule has 1 aromatic heterocycles. The molecule has 10 heteroatoms. The molecule has 3 rings (SSSR count). The SMILES string of the molecule is O=C1/C(=C/c2ccc(O)c(O)c2)SC(=S)N1CCc1nn[nH]n1. The average Bonchev–Trinajstić information content (AvgIpc) is 3.11. The van der Waals surface area contributed by atoms with Crippen LogP contribution in [0.15, 0.2) is 23.1 Å². The average molecular weight is 349 g/mol. The number of carbonyl (C=O) groups excluding carboxylic acids is 1. The van der Waals surface area contributed by atoms with E-state index in [1.807, 2.05) is 0 Å². The summed E-state index contributed by atoms with van der Waals surface area (Å²) in [7, 11) is 0. The number of benzene rings is 1. The number of nitrogens with one attached hydrogen (secondary N) is 1. The number of thioether (sulfide) groups is 1. The van der Waals surface area contributed by atoms with Crippen molar-refractivity contribution in [3.05, 3.63) is 34.5 Å². The highest BCUT2D eigenvalue weighted by molar-refractivity contribution is 8.26. The standard InChI is InChI=1S/C13H11N5O3S2/c19-8-2-1-7(5-9(8)20)6-10-12(21)18(13(22)23-10)4-3-11-14-16-17-15-11/h1-2,5-6,19-20H,3-4H2,(H,14,15,16,17)/b10-6-. The summed E-state index contributed by atoms with van der Waals surface area (Å²) in [5, 5.41) is 32.3. The van der Waals surface area contributed by atoms with E-state index < -0.39 is 0 Å². The Balaban J connectivity index is 1.74. The lowest BCUT2D eigenvalue weighted by molar-refractivity contribution is -0.122. The first-order valence-electron chi connectivity index (χ1n) is 6.54. The second-order valence-corrected chi connectivity index (χ2v) is 6.34. The maximum Gasteiger partial charge on any atom is 0.266 e. The van der Waals surface area contributed by atoms with Gasteiger partial charge in [0.2, 0.25) is 0 Å². The van der Waals surface area contributed by atoms with E-state index >= 15 is 0 Å². The third-order valence-electron chi connectivity index (χ3n) is 3.12. The number of thiocarbonyl (C=S) groups is 1. The fourth-order valence-corrected chi connectivity index (χ4v) is 3.28. The second-order valence-electron chi connectivity index (χ2n) is 4.66. The van der Waals surface area contributed by atoms with Crippen LogP contribution in [0.5, 0.6) is 11.5 Å². The number of hydrogen-bond donors (Lipinski definition) is 3. The third kappa shape index (κ3) is 3.32. The van der Waals surface area contributed by atoms with Gasteiger partial charge in [-0.05, 0) is 23.8 Å². The van der Waals surface area contributed by atoms with Gasteiger partial charge in [-0.25, -0.2) is 0 Å². The molecule has 23 heavy (non-hydrogen) atoms. The number of tetrazole rings is 1. The van der Waals surface area contributed by atoms with Gasteiger partial charge in [0.15, 0.2) is 17.3 Å². The molecule has 0 atom stereocenters. The highest BCUT2D eigenvalue weighted by Gasteiger charge is 2.31. The first-order valence-corrected chi connectivity index (χ1v) is 7.77. The van der Waals surface area contributed by atoms with E-state index in [0.717, 1.165) is 0 Å². The Hall–Kier alpha value is -2.46. The van der Waals surface area contributed by atoms with Crippen molar-refractivity contribution in [2.75, 3.05) is 6.54 Å². The fraction of sp³-hybridized carbons (Fsp3) is 0.154. The molecule has 0 saturated carbocycles. The molecule has 8 nitrogen and oxygen atoms in total. The zero-order valence-corrected chi connectivity index (χ0v) is 13.3. The Kier molecular flexibility index (Phi) is 4.26. The first-order chi connectivity index (χ1) is 11.0. The Labute approximate surface area is 140 Å². The van der Waals surface area contributed by atoms with E-state index in [0.29, 0.717) is 33.6 Å². The second kappa shape index (κ2) is 6.34. The predicted octanol–water partition coefficient (Wildman–Crippen LogP) is 1.05. The molecule has 118 valence electrons. The van der Waals surface area contributed by atoms with Crippen LogP contribution in [0.1, 0.15) is 11.4 Å². The molecule has 0 spiro atoms. The summed E-state index contributed by atoms with van der Waals surface area (Å²) in [4.78, 5) is 14.3. The van der Waals surface area contributed by atoms with Gasteiger partial charge in [0.05, 0.1) is 4.91 Å². The highest BCUT2D eigenvalue weighted by Crippen LogP contribution is 2.34. The van der Waals surface area contributed by atoms with Crippen molar-refractivity contribution in [1.82, 2.24) is 25.5 Å². The van der Waals surface area contributed by atoms with Gasteiger partial charge in [0.25, 0.3) is 5.91 Å². The first kappa shape index (κ1) is 15.4. The lowest BCUT2D eigenvalue weighted by atomic mass is 10.2. The number of amides is 1. The number of phenols is 2. The Morgan fingerprint density at radius 2 is 2.17 bits per heavy atom. The molecule has 1 aliphatic rings. The Morgan fingerprint density at radius 3 is 2.87 bits per heavy atom. The van der Waals surface area contributed by atoms with E-state index in [-0.39, 0.29) is 17.4 Å². The molecule has 2 aromatic rings. The minimum Gasteiger partial charge on any atom is -0.504 e. The molecule has 0 aliphatic carbocycles. The monoisotopic (exact) mass is 349 g/mol. The Bertz CT molecular complexity index is 791. The van der Waals surface area contributed by atoms with Crippen LogP contribution in [-0.4, -0.2) is 52.5 Å². The molecule has 1 aliphatic heterocycles. The van der Waals surface area contributed by atoms with Gasteiger partial charge in [0, 0.05) is 13.0 Å². The van der Waals surface area contributed by atoms with Crippen molar-refractivity contribution in [3.63, 3.8) is 0 Å². The lowest BCUT2D eigenvalue weighted by Gasteiger charge is -2.12. The summed E-state index contributed by atoms with van der Waals surface area (Å²) >= 11 is 6.41. The molecular weight excluding hydrogens is 338 g/mol. The van der Waals surface area contributed by atoms with Crippen LogP contribution in [-0.2, 0) is 11.2 Å². The van der Waals surface area contributed by atoms with E-state index in [1.165, 1.54) is 28.8 Å². The maximum absolute atomic E-state index is 12.4. The molecule has 1 saturated heterocycles. The lowest BCUT2D eigenvalue weighted by Crippen LogP contribution is -2.30. The van der Waals surface area contributed by atoms with Crippen LogP contribution in [0.3, 0.4) is 0 Å². The van der Waals surface area contributed by atoms with Gasteiger partial charge in [-0.3, -0.25) is 9.69 Å². The molecule has 0 unspecified atom stereocenters. The highest BCUT2D eigenvalue weighted by atomic mass is 32.2. The van der Waals surface area contributed by atoms with E-state index in [4.69, 9.17) is 12.2 Å². The summed E-state index contributed by atoms with van der Waals surface area (Å²) in [6.45, 7) is 0.363. The van der Waals surface area contributed by atoms with Crippen LogP contribution >= 0.6 is 24.0 Å². The largest absolute Gasteiger partial charge is 0.504 e. The third-order valence-corrected chi connectivity index (χ3v) is 4.50. The molecule has 1 amide bonds. The fourth-order valence-electron chi connectivity index (χ4n) is 1.97. The van der Waals surface area contributed by atoms with Crippen LogP contribution in [0.2, 0.25) is 0 Å². The van der Waals surface area contributed by atoms with Gasteiger partial charge in [-0.15, -0.1) is 10.2 Å². The summed E-state index contributed by atoms with van der Waals surface area (Å²) in [5.41, 5.74) is 0.596. The number of phenolic OH excluding ortho intramolecular Hbond substituents is 2. The van der Waals surface area contributed by atoms with Crippen molar-refractivity contribution in [1.29, 1.82) is 0 Å². The minimum atomic E-state index is -0.244. The van der Waals surface area contributed by atoms with Gasteiger partial charge in [-0.2, -0.15) is 5.21 Å². The molecule has 0 radical (unpaired) electrons. The number of rotatable bonds is 4. The molecule has 3 N–H and O–H groups in total. The van der Waals surface area contributed by atoms with Crippen molar-refractivity contribution in [2.45, 2.75) is 6.42 Å². The maximum atomic E-state index is 12.4. The number of hydrogen-bond acceptors (Lipinski definition) is 8. The van der Waals surface area contributed by atoms with Gasteiger partial charge >= 0.3 is 0 Å². The topological polar surface area (TPSA) is 115 Å². The quantitative estimate of drug-likeness (QED) is 0.426. The van der Waals surface area contributed by atoms with Crippen molar-refractivity contribution in [3.8, 4) is 11.5 Å². The van der Waals surface area contributed by atoms with E-state index in [2.05, 4.69) is 20.6 Å². The van der Waals surface area contributed by atoms with Crippen molar-refractivity contribution in [2.24, 2.45) is 0 Å². The Morgan fingerprint density at radius 1 is 1.35 bits per heavy atom. The van der Waals surface area contributed by atoms with Crippen LogP contribution in [0.4, 0.5) is 0 Å². The molecule has 2 heterocycles. The van der Waals surface area contributed by atoms with Gasteiger partial charge in [-0.1, -0.05) is 35.3 Å². The number of H-pyrrole nitrogens is 1. The number of aromatic amines is 1. The van der Waals surface area contributed by atoms with Crippen molar-refractivity contribution >= 4 is 40.3 Å². The summed E-state index contributed by atoms with van der Waals surface area (Å²) in [5.74, 6) is -0.163.